The number of pyridine rings is 1. The van der Waals surface area contributed by atoms with E-state index in [2.05, 4.69) is 17.2 Å². The maximum atomic E-state index is 12.7. The van der Waals surface area contributed by atoms with Crippen LogP contribution in [0.15, 0.2) is 47.2 Å². The second-order valence-electron chi connectivity index (χ2n) is 6.08. The number of unbranched alkanes of at least 4 members (excludes halogenated alkanes) is 1. The first-order valence-corrected chi connectivity index (χ1v) is 8.65. The third kappa shape index (κ3) is 3.61. The molecule has 0 aliphatic rings. The molecule has 0 saturated carbocycles. The third-order valence-electron chi connectivity index (χ3n) is 4.15. The zero-order valence-corrected chi connectivity index (χ0v) is 14.9. The summed E-state index contributed by atoms with van der Waals surface area (Å²) in [5.74, 6) is 0.277. The van der Waals surface area contributed by atoms with Crippen molar-refractivity contribution >= 4 is 17.3 Å². The summed E-state index contributed by atoms with van der Waals surface area (Å²) in [5, 5.41) is 2.77. The quantitative estimate of drug-likeness (QED) is 0.707. The van der Waals surface area contributed by atoms with E-state index in [1.165, 1.54) is 0 Å². The molecule has 0 fully saturated rings. The van der Waals surface area contributed by atoms with Crippen LogP contribution in [-0.4, -0.2) is 39.7 Å². The van der Waals surface area contributed by atoms with Crippen LogP contribution in [0.3, 0.4) is 0 Å². The molecule has 3 aromatic heterocycles. The number of aromatic nitrogens is 2. The van der Waals surface area contributed by atoms with Crippen LogP contribution >= 0.6 is 0 Å². The van der Waals surface area contributed by atoms with Crippen LogP contribution in [0.2, 0.25) is 0 Å². The van der Waals surface area contributed by atoms with Gasteiger partial charge in [0.05, 0.1) is 18.3 Å². The molecule has 136 valence electrons. The third-order valence-corrected chi connectivity index (χ3v) is 4.15. The van der Waals surface area contributed by atoms with Crippen LogP contribution in [0, 0.1) is 0 Å². The molecule has 3 rings (SSSR count). The van der Waals surface area contributed by atoms with Gasteiger partial charge in [-0.05, 0) is 30.7 Å². The van der Waals surface area contributed by atoms with E-state index in [1.807, 2.05) is 6.07 Å². The lowest BCUT2D eigenvalue weighted by Crippen LogP contribution is -2.28. The number of nitrogens with zero attached hydrogens (tertiary/aromatic N) is 3. The van der Waals surface area contributed by atoms with Crippen LogP contribution in [0.25, 0.3) is 5.52 Å². The van der Waals surface area contributed by atoms with Crippen molar-refractivity contribution in [2.45, 2.75) is 26.3 Å². The van der Waals surface area contributed by atoms with Gasteiger partial charge in [-0.3, -0.25) is 14.0 Å². The van der Waals surface area contributed by atoms with E-state index in [4.69, 9.17) is 4.42 Å². The topological polar surface area (TPSA) is 79.8 Å². The van der Waals surface area contributed by atoms with E-state index in [1.54, 1.807) is 53.1 Å². The standard InChI is InChI=1S/C19H22N4O3/c1-3-4-10-22(2)19(25)16-15-9-5-6-11-23(15)17(21-16)18(24)20-13-14-8-7-12-26-14/h5-9,11-12H,3-4,10,13H2,1-2H3,(H,20,24). The molecule has 26 heavy (non-hydrogen) atoms. The minimum absolute atomic E-state index is 0.180. The van der Waals surface area contributed by atoms with Crippen molar-refractivity contribution in [3.8, 4) is 0 Å². The summed E-state index contributed by atoms with van der Waals surface area (Å²) in [7, 11) is 1.75. The number of hydrogen-bond donors (Lipinski definition) is 1. The molecule has 3 aromatic rings. The van der Waals surface area contributed by atoms with Crippen LogP contribution in [0.5, 0.6) is 0 Å². The molecule has 1 N–H and O–H groups in total. The molecule has 0 aliphatic carbocycles. The first-order valence-electron chi connectivity index (χ1n) is 8.65. The fourth-order valence-corrected chi connectivity index (χ4v) is 2.69. The molecule has 7 nitrogen and oxygen atoms in total. The Hall–Kier alpha value is -3.09. The molecule has 2 amide bonds. The summed E-state index contributed by atoms with van der Waals surface area (Å²) in [6.45, 7) is 2.99. The van der Waals surface area contributed by atoms with Crippen molar-refractivity contribution in [1.82, 2.24) is 19.6 Å². The van der Waals surface area contributed by atoms with Gasteiger partial charge in [0.25, 0.3) is 11.8 Å². The van der Waals surface area contributed by atoms with E-state index in [0.29, 0.717) is 17.8 Å². The average molecular weight is 354 g/mol. The van der Waals surface area contributed by atoms with Crippen molar-refractivity contribution in [3.05, 3.63) is 60.1 Å². The molecule has 0 bridgehead atoms. The highest BCUT2D eigenvalue weighted by Crippen LogP contribution is 2.15. The van der Waals surface area contributed by atoms with Gasteiger partial charge in [0.2, 0.25) is 5.82 Å². The maximum Gasteiger partial charge on any atom is 0.288 e. The number of carbonyl (C=O) groups excluding carboxylic acids is 2. The maximum absolute atomic E-state index is 12.7. The Morgan fingerprint density at radius 2 is 2.12 bits per heavy atom. The Bertz CT molecular complexity index is 899. The van der Waals surface area contributed by atoms with E-state index in [0.717, 1.165) is 12.8 Å². The van der Waals surface area contributed by atoms with E-state index in [9.17, 15) is 9.59 Å². The number of furan rings is 1. The summed E-state index contributed by atoms with van der Waals surface area (Å²) in [4.78, 5) is 31.3. The number of rotatable bonds is 7. The second-order valence-corrected chi connectivity index (χ2v) is 6.08. The van der Waals surface area contributed by atoms with Gasteiger partial charge in [-0.1, -0.05) is 19.4 Å². The van der Waals surface area contributed by atoms with Gasteiger partial charge in [0.1, 0.15) is 5.76 Å². The lowest BCUT2D eigenvalue weighted by Gasteiger charge is -2.15. The van der Waals surface area contributed by atoms with Gasteiger partial charge in [0.15, 0.2) is 5.69 Å². The summed E-state index contributed by atoms with van der Waals surface area (Å²) < 4.78 is 6.85. The molecule has 0 unspecified atom stereocenters. The Labute approximate surface area is 151 Å². The predicted molar refractivity (Wildman–Crippen MR) is 96.9 cm³/mol. The molecule has 0 saturated heterocycles. The number of nitrogens with one attached hydrogen (secondary N) is 1. The highest BCUT2D eigenvalue weighted by atomic mass is 16.3. The number of amides is 2. The molecule has 7 heteroatoms. The Morgan fingerprint density at radius 3 is 2.85 bits per heavy atom. The molecular weight excluding hydrogens is 332 g/mol. The zero-order valence-electron chi connectivity index (χ0n) is 14.9. The molecule has 0 aromatic carbocycles. The van der Waals surface area contributed by atoms with E-state index >= 15 is 0 Å². The van der Waals surface area contributed by atoms with Crippen LogP contribution < -0.4 is 5.32 Å². The zero-order chi connectivity index (χ0) is 18.5. The first-order chi connectivity index (χ1) is 12.6. The fraction of sp³-hybridized carbons (Fsp3) is 0.316. The molecule has 3 heterocycles. The Balaban J connectivity index is 1.87. The average Bonchev–Trinajstić information content (AvgIpc) is 3.31. The summed E-state index contributed by atoms with van der Waals surface area (Å²) >= 11 is 0. The normalized spacial score (nSPS) is 10.8. The van der Waals surface area contributed by atoms with Crippen molar-refractivity contribution in [3.63, 3.8) is 0 Å². The Kier molecular flexibility index (Phi) is 5.36. The predicted octanol–water partition coefficient (Wildman–Crippen LogP) is 2.73. The molecule has 0 aliphatic heterocycles. The van der Waals surface area contributed by atoms with Crippen molar-refractivity contribution in [2.75, 3.05) is 13.6 Å². The Morgan fingerprint density at radius 1 is 1.27 bits per heavy atom. The summed E-state index contributed by atoms with van der Waals surface area (Å²) in [6.07, 6.45) is 5.20. The number of imidazole rings is 1. The van der Waals surface area contributed by atoms with Gasteiger partial charge >= 0.3 is 0 Å². The molecule has 0 spiro atoms. The SMILES string of the molecule is CCCCN(C)C(=O)c1nc(C(=O)NCc2ccco2)n2ccccc12. The second kappa shape index (κ2) is 7.86. The van der Waals surface area contributed by atoms with Gasteiger partial charge in [-0.2, -0.15) is 0 Å². The van der Waals surface area contributed by atoms with Crippen molar-refractivity contribution < 1.29 is 14.0 Å². The summed E-state index contributed by atoms with van der Waals surface area (Å²) in [5.41, 5.74) is 0.899. The number of hydrogen-bond acceptors (Lipinski definition) is 4. The molecular formula is C19H22N4O3. The highest BCUT2D eigenvalue weighted by Gasteiger charge is 2.23. The van der Waals surface area contributed by atoms with Gasteiger partial charge in [-0.25, -0.2) is 4.98 Å². The lowest BCUT2D eigenvalue weighted by molar-refractivity contribution is 0.0790. The van der Waals surface area contributed by atoms with Gasteiger partial charge in [-0.15, -0.1) is 0 Å². The highest BCUT2D eigenvalue weighted by molar-refractivity contribution is 6.02. The van der Waals surface area contributed by atoms with Crippen LogP contribution in [-0.2, 0) is 6.54 Å². The smallest absolute Gasteiger partial charge is 0.288 e. The van der Waals surface area contributed by atoms with Crippen molar-refractivity contribution in [2.24, 2.45) is 0 Å². The van der Waals surface area contributed by atoms with Crippen molar-refractivity contribution in [1.29, 1.82) is 0 Å². The first kappa shape index (κ1) is 17.7. The molecule has 0 radical (unpaired) electrons. The number of carbonyl (C=O) groups is 2. The van der Waals surface area contributed by atoms with Gasteiger partial charge < -0.3 is 14.6 Å². The minimum atomic E-state index is -0.363. The van der Waals surface area contributed by atoms with E-state index in [-0.39, 0.29) is 29.9 Å². The monoisotopic (exact) mass is 354 g/mol. The van der Waals surface area contributed by atoms with E-state index < -0.39 is 0 Å². The largest absolute Gasteiger partial charge is 0.467 e. The summed E-state index contributed by atoms with van der Waals surface area (Å²) in [6, 6.07) is 8.95. The fourth-order valence-electron chi connectivity index (χ4n) is 2.69. The van der Waals surface area contributed by atoms with Crippen LogP contribution in [0.4, 0.5) is 0 Å². The number of fused-ring (bicyclic) bond motifs is 1. The molecule has 0 atom stereocenters. The lowest BCUT2D eigenvalue weighted by atomic mass is 10.2. The minimum Gasteiger partial charge on any atom is -0.467 e. The van der Waals surface area contributed by atoms with Crippen LogP contribution in [0.1, 0.15) is 46.6 Å². The van der Waals surface area contributed by atoms with Gasteiger partial charge in [0, 0.05) is 19.8 Å².